The van der Waals surface area contributed by atoms with Crippen LogP contribution in [0, 0.1) is 0 Å². The van der Waals surface area contributed by atoms with Crippen molar-refractivity contribution in [3.05, 3.63) is 52.2 Å². The summed E-state index contributed by atoms with van der Waals surface area (Å²) in [6.07, 6.45) is 2.04. The molecule has 1 aromatic carbocycles. The lowest BCUT2D eigenvalue weighted by atomic mass is 10.1. The van der Waals surface area contributed by atoms with Crippen molar-refractivity contribution in [3.63, 3.8) is 0 Å². The van der Waals surface area contributed by atoms with Crippen LogP contribution in [0.3, 0.4) is 0 Å². The zero-order valence-corrected chi connectivity index (χ0v) is 14.8. The number of thiophene rings is 1. The maximum Gasteiger partial charge on any atom is 0.313 e. The number of rotatable bonds is 6. The van der Waals surface area contributed by atoms with Crippen LogP contribution < -0.4 is 10.6 Å². The fourth-order valence-corrected chi connectivity index (χ4v) is 3.35. The van der Waals surface area contributed by atoms with Gasteiger partial charge < -0.3 is 10.6 Å². The first-order valence-corrected chi connectivity index (χ1v) is 9.58. The van der Waals surface area contributed by atoms with Gasteiger partial charge in [0.25, 0.3) is 0 Å². The van der Waals surface area contributed by atoms with E-state index in [9.17, 15) is 9.59 Å². The molecule has 23 heavy (non-hydrogen) atoms. The predicted octanol–water partition coefficient (Wildman–Crippen LogP) is 3.47. The van der Waals surface area contributed by atoms with Gasteiger partial charge in [-0.25, -0.2) is 0 Å². The van der Waals surface area contributed by atoms with E-state index in [-0.39, 0.29) is 5.92 Å². The molecule has 0 unspecified atom stereocenters. The van der Waals surface area contributed by atoms with Gasteiger partial charge >= 0.3 is 11.8 Å². The summed E-state index contributed by atoms with van der Waals surface area (Å²) in [6, 6.07) is 11.5. The molecule has 6 heteroatoms. The number of hydrogen-bond acceptors (Lipinski definition) is 4. The summed E-state index contributed by atoms with van der Waals surface area (Å²) in [7, 11) is 0. The zero-order chi connectivity index (χ0) is 16.7. The third kappa shape index (κ3) is 5.41. The van der Waals surface area contributed by atoms with Gasteiger partial charge in [0.05, 0.1) is 0 Å². The van der Waals surface area contributed by atoms with E-state index in [4.69, 9.17) is 0 Å². The molecule has 0 bridgehead atoms. The van der Waals surface area contributed by atoms with Gasteiger partial charge in [-0.15, -0.1) is 11.3 Å². The molecule has 0 saturated carbocycles. The monoisotopic (exact) mass is 348 g/mol. The SMILES string of the molecule is CSCc1ccc(NC(=O)C(=O)NC[C@@H](C)c2cccs2)cc1. The molecule has 0 fully saturated rings. The lowest BCUT2D eigenvalue weighted by Crippen LogP contribution is -2.37. The summed E-state index contributed by atoms with van der Waals surface area (Å²) in [6.45, 7) is 2.47. The summed E-state index contributed by atoms with van der Waals surface area (Å²) in [5.41, 5.74) is 1.81. The van der Waals surface area contributed by atoms with Crippen molar-refractivity contribution < 1.29 is 9.59 Å². The second kappa shape index (κ2) is 8.74. The van der Waals surface area contributed by atoms with E-state index in [0.29, 0.717) is 12.2 Å². The van der Waals surface area contributed by atoms with Gasteiger partial charge in [-0.1, -0.05) is 25.1 Å². The van der Waals surface area contributed by atoms with Crippen molar-refractivity contribution in [1.82, 2.24) is 5.32 Å². The van der Waals surface area contributed by atoms with Crippen molar-refractivity contribution >= 4 is 40.6 Å². The molecule has 0 aliphatic heterocycles. The van der Waals surface area contributed by atoms with E-state index in [2.05, 4.69) is 10.6 Å². The normalized spacial score (nSPS) is 11.7. The van der Waals surface area contributed by atoms with Crippen LogP contribution in [-0.4, -0.2) is 24.6 Å². The first-order valence-electron chi connectivity index (χ1n) is 7.30. The Kier molecular flexibility index (Phi) is 6.67. The number of anilines is 1. The van der Waals surface area contributed by atoms with Gasteiger partial charge in [0, 0.05) is 28.8 Å². The minimum absolute atomic E-state index is 0.192. The van der Waals surface area contributed by atoms with Crippen LogP contribution in [0.25, 0.3) is 0 Å². The van der Waals surface area contributed by atoms with E-state index in [1.54, 1.807) is 23.1 Å². The average molecular weight is 348 g/mol. The second-order valence-corrected chi connectivity index (χ2v) is 7.06. The first-order chi connectivity index (χ1) is 11.1. The van der Waals surface area contributed by atoms with Crippen molar-refractivity contribution in [2.45, 2.75) is 18.6 Å². The molecule has 1 aromatic heterocycles. The number of hydrogen-bond donors (Lipinski definition) is 2. The topological polar surface area (TPSA) is 58.2 Å². The van der Waals surface area contributed by atoms with Crippen LogP contribution in [0.15, 0.2) is 41.8 Å². The van der Waals surface area contributed by atoms with Gasteiger partial charge in [-0.05, 0) is 35.4 Å². The molecule has 122 valence electrons. The molecule has 2 aromatic rings. The van der Waals surface area contributed by atoms with Gasteiger partial charge in [0.15, 0.2) is 0 Å². The minimum atomic E-state index is -0.638. The number of benzene rings is 1. The van der Waals surface area contributed by atoms with Crippen molar-refractivity contribution in [3.8, 4) is 0 Å². The Morgan fingerprint density at radius 1 is 1.17 bits per heavy atom. The van der Waals surface area contributed by atoms with Gasteiger partial charge in [0.1, 0.15) is 0 Å². The van der Waals surface area contributed by atoms with Crippen LogP contribution >= 0.6 is 23.1 Å². The molecular formula is C17H20N2O2S2. The lowest BCUT2D eigenvalue weighted by molar-refractivity contribution is -0.136. The third-order valence-electron chi connectivity index (χ3n) is 3.33. The van der Waals surface area contributed by atoms with Gasteiger partial charge in [-0.3, -0.25) is 9.59 Å². The molecule has 1 atom stereocenters. The number of carbonyl (C=O) groups excluding carboxylic acids is 2. The summed E-state index contributed by atoms with van der Waals surface area (Å²) >= 11 is 3.38. The van der Waals surface area contributed by atoms with E-state index in [1.807, 2.05) is 55.0 Å². The summed E-state index contributed by atoms with van der Waals surface area (Å²) in [5, 5.41) is 7.29. The number of amides is 2. The standard InChI is InChI=1S/C17H20N2O2S2/c1-12(15-4-3-9-23-15)10-18-16(20)17(21)19-14-7-5-13(6-8-14)11-22-2/h3-9,12H,10-11H2,1-2H3,(H,18,20)(H,19,21)/t12-/m1/s1. The van der Waals surface area contributed by atoms with Crippen LogP contribution in [-0.2, 0) is 15.3 Å². The number of nitrogens with one attached hydrogen (secondary N) is 2. The molecule has 2 amide bonds. The second-order valence-electron chi connectivity index (χ2n) is 5.21. The molecule has 4 nitrogen and oxygen atoms in total. The van der Waals surface area contributed by atoms with E-state index < -0.39 is 11.8 Å². The third-order valence-corrected chi connectivity index (χ3v) is 5.05. The Morgan fingerprint density at radius 2 is 1.91 bits per heavy atom. The zero-order valence-electron chi connectivity index (χ0n) is 13.2. The van der Waals surface area contributed by atoms with E-state index in [1.165, 1.54) is 10.4 Å². The lowest BCUT2D eigenvalue weighted by Gasteiger charge is -2.11. The van der Waals surface area contributed by atoms with Crippen molar-refractivity contribution in [2.24, 2.45) is 0 Å². The maximum absolute atomic E-state index is 11.9. The van der Waals surface area contributed by atoms with Crippen LogP contribution in [0.5, 0.6) is 0 Å². The highest BCUT2D eigenvalue weighted by molar-refractivity contribution is 7.97. The Bertz CT molecular complexity index is 639. The summed E-state index contributed by atoms with van der Waals surface area (Å²) in [4.78, 5) is 25.0. The molecule has 0 aliphatic rings. The highest BCUT2D eigenvalue weighted by atomic mass is 32.2. The van der Waals surface area contributed by atoms with E-state index >= 15 is 0 Å². The van der Waals surface area contributed by atoms with E-state index in [0.717, 1.165) is 5.75 Å². The smallest absolute Gasteiger partial charge is 0.313 e. The summed E-state index contributed by atoms with van der Waals surface area (Å²) < 4.78 is 0. The Balaban J connectivity index is 1.81. The van der Waals surface area contributed by atoms with Crippen LogP contribution in [0.4, 0.5) is 5.69 Å². The first kappa shape index (κ1) is 17.6. The Hall–Kier alpha value is -1.79. The molecule has 2 N–H and O–H groups in total. The van der Waals surface area contributed by atoms with Gasteiger partial charge in [0.2, 0.25) is 0 Å². The fourth-order valence-electron chi connectivity index (χ4n) is 2.04. The van der Waals surface area contributed by atoms with Gasteiger partial charge in [-0.2, -0.15) is 11.8 Å². The molecule has 0 saturated heterocycles. The maximum atomic E-state index is 11.9. The molecular weight excluding hydrogens is 328 g/mol. The Labute approximate surface area is 144 Å². The van der Waals surface area contributed by atoms with Crippen LogP contribution in [0.1, 0.15) is 23.3 Å². The number of thioether (sulfide) groups is 1. The highest BCUT2D eigenvalue weighted by Crippen LogP contribution is 2.19. The molecule has 0 spiro atoms. The molecule has 0 radical (unpaired) electrons. The predicted molar refractivity (Wildman–Crippen MR) is 98.0 cm³/mol. The highest BCUT2D eigenvalue weighted by Gasteiger charge is 2.15. The largest absolute Gasteiger partial charge is 0.347 e. The van der Waals surface area contributed by atoms with Crippen molar-refractivity contribution in [2.75, 3.05) is 18.1 Å². The molecule has 1 heterocycles. The van der Waals surface area contributed by atoms with Crippen molar-refractivity contribution in [1.29, 1.82) is 0 Å². The minimum Gasteiger partial charge on any atom is -0.347 e. The molecule has 0 aliphatic carbocycles. The fraction of sp³-hybridized carbons (Fsp3) is 0.294. The average Bonchev–Trinajstić information content (AvgIpc) is 3.09. The number of carbonyl (C=O) groups is 2. The summed E-state index contributed by atoms with van der Waals surface area (Å²) in [5.74, 6) is -0.129. The Morgan fingerprint density at radius 3 is 2.52 bits per heavy atom. The van der Waals surface area contributed by atoms with Crippen LogP contribution in [0.2, 0.25) is 0 Å². The molecule has 2 rings (SSSR count). The quantitative estimate of drug-likeness (QED) is 0.786.